The first-order valence-electron chi connectivity index (χ1n) is 7.21. The van der Waals surface area contributed by atoms with E-state index in [0.717, 1.165) is 5.56 Å². The van der Waals surface area contributed by atoms with E-state index in [4.69, 9.17) is 0 Å². The maximum Gasteiger partial charge on any atom is 0.310 e. The van der Waals surface area contributed by atoms with Crippen LogP contribution in [0.2, 0.25) is 0 Å². The Bertz CT molecular complexity index is 478. The van der Waals surface area contributed by atoms with Crippen LogP contribution in [0.25, 0.3) is 0 Å². The summed E-state index contributed by atoms with van der Waals surface area (Å²) < 4.78 is 0. The largest absolute Gasteiger partial charge is 0.508 e. The zero-order valence-electron chi connectivity index (χ0n) is 12.6. The van der Waals surface area contributed by atoms with Crippen molar-refractivity contribution in [2.45, 2.75) is 39.5 Å². The fourth-order valence-electron chi connectivity index (χ4n) is 2.26. The predicted molar refractivity (Wildman–Crippen MR) is 80.1 cm³/mol. The van der Waals surface area contributed by atoms with E-state index in [0.29, 0.717) is 25.8 Å². The second-order valence-corrected chi connectivity index (χ2v) is 5.24. The van der Waals surface area contributed by atoms with E-state index in [1.165, 1.54) is 0 Å². The number of carboxylic acids is 1. The van der Waals surface area contributed by atoms with Gasteiger partial charge in [0.2, 0.25) is 5.91 Å². The van der Waals surface area contributed by atoms with Crippen molar-refractivity contribution in [3.05, 3.63) is 29.8 Å². The first kappa shape index (κ1) is 17.0. The van der Waals surface area contributed by atoms with Crippen molar-refractivity contribution in [1.82, 2.24) is 5.32 Å². The number of benzene rings is 1. The fourth-order valence-corrected chi connectivity index (χ4v) is 2.26. The number of phenolic OH excluding ortho intramolecular Hbond substituents is 1. The lowest BCUT2D eigenvalue weighted by Gasteiger charge is -2.25. The summed E-state index contributed by atoms with van der Waals surface area (Å²) in [6, 6.07) is 6.78. The molecule has 0 spiro atoms. The number of rotatable bonds is 8. The third kappa shape index (κ3) is 4.77. The Morgan fingerprint density at radius 1 is 1.14 bits per heavy atom. The molecule has 0 aliphatic carbocycles. The molecule has 1 aromatic rings. The number of amides is 1. The minimum Gasteiger partial charge on any atom is -0.508 e. The molecule has 3 N–H and O–H groups in total. The Hall–Kier alpha value is -2.04. The summed E-state index contributed by atoms with van der Waals surface area (Å²) in [5.74, 6) is -0.944. The van der Waals surface area contributed by atoms with E-state index in [2.05, 4.69) is 5.32 Å². The van der Waals surface area contributed by atoms with E-state index in [-0.39, 0.29) is 18.1 Å². The Kier molecular flexibility index (Phi) is 6.21. The molecule has 0 radical (unpaired) electrons. The molecule has 0 aliphatic rings. The van der Waals surface area contributed by atoms with Gasteiger partial charge in [0.05, 0.1) is 5.41 Å². The maximum atomic E-state index is 11.9. The molecule has 0 heterocycles. The molecule has 0 unspecified atom stereocenters. The van der Waals surface area contributed by atoms with Gasteiger partial charge in [-0.3, -0.25) is 9.59 Å². The van der Waals surface area contributed by atoms with Gasteiger partial charge in [-0.15, -0.1) is 0 Å². The van der Waals surface area contributed by atoms with Gasteiger partial charge in [0.25, 0.3) is 0 Å². The lowest BCUT2D eigenvalue weighted by Crippen LogP contribution is -2.37. The molecule has 21 heavy (non-hydrogen) atoms. The van der Waals surface area contributed by atoms with Crippen LogP contribution in [0, 0.1) is 5.41 Å². The van der Waals surface area contributed by atoms with Crippen LogP contribution >= 0.6 is 0 Å². The van der Waals surface area contributed by atoms with E-state index in [9.17, 15) is 19.8 Å². The molecule has 1 amide bonds. The minimum absolute atomic E-state index is 0.00487. The number of nitrogens with one attached hydrogen (secondary N) is 1. The van der Waals surface area contributed by atoms with Gasteiger partial charge in [0, 0.05) is 13.0 Å². The topological polar surface area (TPSA) is 86.6 Å². The van der Waals surface area contributed by atoms with Crippen molar-refractivity contribution in [1.29, 1.82) is 0 Å². The summed E-state index contributed by atoms with van der Waals surface area (Å²) in [4.78, 5) is 23.3. The summed E-state index contributed by atoms with van der Waals surface area (Å²) >= 11 is 0. The molecule has 5 nitrogen and oxygen atoms in total. The van der Waals surface area contributed by atoms with Gasteiger partial charge in [-0.1, -0.05) is 26.0 Å². The molecule has 0 atom stereocenters. The number of carboxylic acid groups (broad SMARTS) is 1. The average molecular weight is 293 g/mol. The van der Waals surface area contributed by atoms with Gasteiger partial charge in [-0.25, -0.2) is 0 Å². The van der Waals surface area contributed by atoms with E-state index >= 15 is 0 Å². The van der Waals surface area contributed by atoms with Gasteiger partial charge in [-0.05, 0) is 37.0 Å². The summed E-state index contributed by atoms with van der Waals surface area (Å²) in [6.45, 7) is 4.04. The highest BCUT2D eigenvalue weighted by molar-refractivity contribution is 5.84. The SMILES string of the molecule is CCC(CC)(CC(=O)NCCc1ccc(O)cc1)C(=O)O. The summed E-state index contributed by atoms with van der Waals surface area (Å²) in [5, 5.41) is 21.2. The number of aromatic hydroxyl groups is 1. The molecule has 116 valence electrons. The van der Waals surface area contributed by atoms with Gasteiger partial charge in [-0.2, -0.15) is 0 Å². The zero-order valence-corrected chi connectivity index (χ0v) is 12.6. The molecular weight excluding hydrogens is 270 g/mol. The first-order chi connectivity index (χ1) is 9.93. The van der Waals surface area contributed by atoms with Crippen LogP contribution in [0.15, 0.2) is 24.3 Å². The third-order valence-corrected chi connectivity index (χ3v) is 3.98. The Morgan fingerprint density at radius 2 is 1.71 bits per heavy atom. The molecule has 5 heteroatoms. The lowest BCUT2D eigenvalue weighted by molar-refractivity contribution is -0.152. The highest BCUT2D eigenvalue weighted by Gasteiger charge is 2.36. The van der Waals surface area contributed by atoms with Crippen LogP contribution in [0.1, 0.15) is 38.7 Å². The first-order valence-corrected chi connectivity index (χ1v) is 7.21. The molecule has 0 fully saturated rings. The van der Waals surface area contributed by atoms with Crippen LogP contribution in [-0.4, -0.2) is 28.6 Å². The lowest BCUT2D eigenvalue weighted by atomic mass is 9.79. The number of aliphatic carboxylic acids is 1. The van der Waals surface area contributed by atoms with Crippen LogP contribution in [-0.2, 0) is 16.0 Å². The normalized spacial score (nSPS) is 11.1. The second kappa shape index (κ2) is 7.67. The number of carbonyl (C=O) groups is 2. The molecule has 0 bridgehead atoms. The summed E-state index contributed by atoms with van der Waals surface area (Å²) in [5.41, 5.74) is 0.0337. The van der Waals surface area contributed by atoms with Crippen LogP contribution < -0.4 is 5.32 Å². The van der Waals surface area contributed by atoms with E-state index < -0.39 is 11.4 Å². The van der Waals surface area contributed by atoms with Crippen LogP contribution in [0.3, 0.4) is 0 Å². The van der Waals surface area contributed by atoms with Crippen LogP contribution in [0.5, 0.6) is 5.75 Å². The summed E-state index contributed by atoms with van der Waals surface area (Å²) in [6.07, 6.45) is 1.52. The van der Waals surface area contributed by atoms with Gasteiger partial charge in [0.1, 0.15) is 5.75 Å². The molecular formula is C16H23NO4. The number of carbonyl (C=O) groups excluding carboxylic acids is 1. The Labute approximate surface area is 125 Å². The quantitative estimate of drug-likeness (QED) is 0.686. The van der Waals surface area contributed by atoms with Crippen molar-refractivity contribution in [3.63, 3.8) is 0 Å². The zero-order chi connectivity index (χ0) is 15.9. The highest BCUT2D eigenvalue weighted by Crippen LogP contribution is 2.30. The van der Waals surface area contributed by atoms with Crippen molar-refractivity contribution < 1.29 is 19.8 Å². The van der Waals surface area contributed by atoms with E-state index in [1.807, 2.05) is 0 Å². The third-order valence-electron chi connectivity index (χ3n) is 3.98. The Morgan fingerprint density at radius 3 is 2.19 bits per heavy atom. The standard InChI is InChI=1S/C16H23NO4/c1-3-16(4-2,15(20)21)11-14(19)17-10-9-12-5-7-13(18)8-6-12/h5-8,18H,3-4,9-11H2,1-2H3,(H,17,19)(H,20,21). The van der Waals surface area contributed by atoms with Crippen molar-refractivity contribution >= 4 is 11.9 Å². The van der Waals surface area contributed by atoms with Crippen molar-refractivity contribution in [2.24, 2.45) is 5.41 Å². The van der Waals surface area contributed by atoms with Crippen molar-refractivity contribution in [2.75, 3.05) is 6.54 Å². The molecule has 1 rings (SSSR count). The molecule has 0 saturated heterocycles. The Balaban J connectivity index is 2.46. The summed E-state index contributed by atoms with van der Waals surface area (Å²) in [7, 11) is 0. The number of hydrogen-bond acceptors (Lipinski definition) is 3. The van der Waals surface area contributed by atoms with Gasteiger partial charge < -0.3 is 15.5 Å². The van der Waals surface area contributed by atoms with Crippen molar-refractivity contribution in [3.8, 4) is 5.75 Å². The molecule has 0 saturated carbocycles. The second-order valence-electron chi connectivity index (χ2n) is 5.24. The maximum absolute atomic E-state index is 11.9. The molecule has 0 aromatic heterocycles. The molecule has 0 aliphatic heterocycles. The number of phenols is 1. The average Bonchev–Trinajstić information content (AvgIpc) is 2.46. The molecule has 1 aromatic carbocycles. The smallest absolute Gasteiger partial charge is 0.310 e. The monoisotopic (exact) mass is 293 g/mol. The predicted octanol–water partition coefficient (Wildman–Crippen LogP) is 2.33. The minimum atomic E-state index is -0.970. The van der Waals surface area contributed by atoms with Gasteiger partial charge >= 0.3 is 5.97 Å². The fraction of sp³-hybridized carbons (Fsp3) is 0.500. The van der Waals surface area contributed by atoms with Crippen LogP contribution in [0.4, 0.5) is 0 Å². The number of hydrogen-bond donors (Lipinski definition) is 3. The highest BCUT2D eigenvalue weighted by atomic mass is 16.4. The van der Waals surface area contributed by atoms with Gasteiger partial charge in [0.15, 0.2) is 0 Å². The van der Waals surface area contributed by atoms with E-state index in [1.54, 1.807) is 38.1 Å².